The molecule has 3 N–H and O–H groups in total. The first kappa shape index (κ1) is 14.0. The number of anilines is 2. The molecule has 1 aromatic carbocycles. The molecule has 0 heterocycles. The van der Waals surface area contributed by atoms with Crippen LogP contribution in [-0.2, 0) is 4.79 Å². The molecule has 1 unspecified atom stereocenters. The van der Waals surface area contributed by atoms with E-state index in [0.717, 1.165) is 15.8 Å². The summed E-state index contributed by atoms with van der Waals surface area (Å²) in [6.45, 7) is 1.89. The molecule has 0 spiro atoms. The van der Waals surface area contributed by atoms with Crippen molar-refractivity contribution in [2.45, 2.75) is 19.4 Å². The Labute approximate surface area is 110 Å². The molecular weight excluding hydrogens is 282 g/mol. The number of nitrogens with one attached hydrogen (secondary N) is 1. The monoisotopic (exact) mass is 299 g/mol. The Balaban J connectivity index is 2.96. The normalized spacial score (nSPS) is 12.1. The quantitative estimate of drug-likeness (QED) is 0.896. The second-order valence-electron chi connectivity index (χ2n) is 4.06. The van der Waals surface area contributed by atoms with Crippen molar-refractivity contribution in [2.75, 3.05) is 24.3 Å². The van der Waals surface area contributed by atoms with Crippen LogP contribution < -0.4 is 16.0 Å². The average molecular weight is 300 g/mol. The van der Waals surface area contributed by atoms with Gasteiger partial charge in [-0.05, 0) is 24.6 Å². The van der Waals surface area contributed by atoms with Gasteiger partial charge in [-0.15, -0.1) is 0 Å². The molecule has 1 amide bonds. The lowest BCUT2D eigenvalue weighted by molar-refractivity contribution is -0.117. The molecule has 17 heavy (non-hydrogen) atoms. The summed E-state index contributed by atoms with van der Waals surface area (Å²) < 4.78 is 0.920. The predicted octanol–water partition coefficient (Wildman–Crippen LogP) is 2.19. The Hall–Kier alpha value is -1.07. The van der Waals surface area contributed by atoms with E-state index in [4.69, 9.17) is 5.73 Å². The lowest BCUT2D eigenvalue weighted by Crippen LogP contribution is -2.35. The Bertz CT molecular complexity index is 407. The number of nitrogens with two attached hydrogens (primary N) is 1. The number of nitrogens with zero attached hydrogens (tertiary/aromatic N) is 1. The Kier molecular flexibility index (Phi) is 4.96. The van der Waals surface area contributed by atoms with Crippen molar-refractivity contribution in [1.82, 2.24) is 0 Å². The minimum atomic E-state index is -0.469. The average Bonchev–Trinajstić information content (AvgIpc) is 2.27. The molecule has 0 radical (unpaired) electrons. The highest BCUT2D eigenvalue weighted by molar-refractivity contribution is 9.10. The van der Waals surface area contributed by atoms with E-state index in [2.05, 4.69) is 21.2 Å². The van der Waals surface area contributed by atoms with E-state index < -0.39 is 6.04 Å². The van der Waals surface area contributed by atoms with E-state index in [1.54, 1.807) is 0 Å². The molecule has 1 aromatic rings. The van der Waals surface area contributed by atoms with Crippen LogP contribution in [0.1, 0.15) is 13.3 Å². The number of amides is 1. The second kappa shape index (κ2) is 6.02. The molecular formula is C12H18BrN3O. The molecule has 1 atom stereocenters. The summed E-state index contributed by atoms with van der Waals surface area (Å²) in [6, 6.07) is 5.28. The minimum Gasteiger partial charge on any atom is -0.376 e. The number of carbonyl (C=O) groups is 1. The molecule has 0 saturated carbocycles. The highest BCUT2D eigenvalue weighted by Crippen LogP contribution is 2.28. The molecule has 4 nitrogen and oxygen atoms in total. The second-order valence-corrected chi connectivity index (χ2v) is 4.98. The van der Waals surface area contributed by atoms with Crippen molar-refractivity contribution < 1.29 is 4.79 Å². The van der Waals surface area contributed by atoms with E-state index in [0.29, 0.717) is 6.42 Å². The third-order valence-corrected chi connectivity index (χ3v) is 2.97. The van der Waals surface area contributed by atoms with Gasteiger partial charge in [0.2, 0.25) is 5.91 Å². The lowest BCUT2D eigenvalue weighted by atomic mass is 10.2. The van der Waals surface area contributed by atoms with E-state index in [9.17, 15) is 4.79 Å². The summed E-state index contributed by atoms with van der Waals surface area (Å²) in [6.07, 6.45) is 0.622. The number of carbonyl (C=O) groups excluding carboxylic acids is 1. The zero-order chi connectivity index (χ0) is 13.0. The van der Waals surface area contributed by atoms with Crippen molar-refractivity contribution in [3.8, 4) is 0 Å². The molecule has 0 aliphatic heterocycles. The molecule has 0 aliphatic rings. The first-order valence-corrected chi connectivity index (χ1v) is 6.28. The van der Waals surface area contributed by atoms with Gasteiger partial charge in [-0.2, -0.15) is 0 Å². The maximum Gasteiger partial charge on any atom is 0.241 e. The number of benzene rings is 1. The van der Waals surface area contributed by atoms with Gasteiger partial charge < -0.3 is 16.0 Å². The fourth-order valence-electron chi connectivity index (χ4n) is 1.41. The van der Waals surface area contributed by atoms with Gasteiger partial charge in [-0.3, -0.25) is 4.79 Å². The fourth-order valence-corrected chi connectivity index (χ4v) is 1.77. The summed E-state index contributed by atoms with van der Waals surface area (Å²) in [7, 11) is 3.86. The summed E-state index contributed by atoms with van der Waals surface area (Å²) in [4.78, 5) is 13.7. The fraction of sp³-hybridized carbons (Fsp3) is 0.417. The summed E-state index contributed by atoms with van der Waals surface area (Å²) >= 11 is 3.39. The highest BCUT2D eigenvalue weighted by atomic mass is 79.9. The van der Waals surface area contributed by atoms with Gasteiger partial charge in [0.1, 0.15) is 0 Å². The van der Waals surface area contributed by atoms with Crippen LogP contribution in [0.3, 0.4) is 0 Å². The lowest BCUT2D eigenvalue weighted by Gasteiger charge is -2.19. The zero-order valence-electron chi connectivity index (χ0n) is 10.3. The Morgan fingerprint density at radius 3 is 2.71 bits per heavy atom. The van der Waals surface area contributed by atoms with Crippen LogP contribution >= 0.6 is 15.9 Å². The van der Waals surface area contributed by atoms with Gasteiger partial charge in [-0.1, -0.05) is 22.9 Å². The van der Waals surface area contributed by atoms with Crippen LogP contribution in [0.25, 0.3) is 0 Å². The molecule has 5 heteroatoms. The van der Waals surface area contributed by atoms with Crippen molar-refractivity contribution >= 4 is 33.2 Å². The third kappa shape index (κ3) is 3.71. The summed E-state index contributed by atoms with van der Waals surface area (Å²) in [5.41, 5.74) is 7.40. The van der Waals surface area contributed by atoms with Crippen molar-refractivity contribution in [1.29, 1.82) is 0 Å². The molecule has 0 bridgehead atoms. The van der Waals surface area contributed by atoms with Gasteiger partial charge in [0, 0.05) is 18.6 Å². The van der Waals surface area contributed by atoms with E-state index in [1.807, 2.05) is 44.1 Å². The van der Waals surface area contributed by atoms with Gasteiger partial charge in [0.25, 0.3) is 0 Å². The summed E-state index contributed by atoms with van der Waals surface area (Å²) in [5.74, 6) is -0.159. The van der Waals surface area contributed by atoms with E-state index >= 15 is 0 Å². The molecule has 0 fully saturated rings. The van der Waals surface area contributed by atoms with Gasteiger partial charge >= 0.3 is 0 Å². The molecule has 94 valence electrons. The number of hydrogen-bond acceptors (Lipinski definition) is 3. The third-order valence-electron chi connectivity index (χ3n) is 2.47. The van der Waals surface area contributed by atoms with Gasteiger partial charge in [-0.25, -0.2) is 0 Å². The van der Waals surface area contributed by atoms with E-state index in [-0.39, 0.29) is 5.91 Å². The van der Waals surface area contributed by atoms with Crippen LogP contribution in [0.15, 0.2) is 22.7 Å². The SMILES string of the molecule is CCC(N)C(=O)Nc1cc(Br)ccc1N(C)C. The molecule has 1 rings (SSSR count). The molecule has 0 aromatic heterocycles. The van der Waals surface area contributed by atoms with Crippen LogP contribution in [0.2, 0.25) is 0 Å². The van der Waals surface area contributed by atoms with Crippen LogP contribution in [0.4, 0.5) is 11.4 Å². The largest absolute Gasteiger partial charge is 0.376 e. The van der Waals surface area contributed by atoms with Gasteiger partial charge in [0.15, 0.2) is 0 Å². The topological polar surface area (TPSA) is 58.4 Å². The van der Waals surface area contributed by atoms with Crippen molar-refractivity contribution in [2.24, 2.45) is 5.73 Å². The number of rotatable bonds is 4. The first-order chi connectivity index (χ1) is 7.95. The van der Waals surface area contributed by atoms with E-state index in [1.165, 1.54) is 0 Å². The number of halogens is 1. The standard InChI is InChI=1S/C12H18BrN3O/c1-4-9(14)12(17)15-10-7-8(13)5-6-11(10)16(2)3/h5-7,9H,4,14H2,1-3H3,(H,15,17). The summed E-state index contributed by atoms with van der Waals surface area (Å²) in [5, 5.41) is 2.85. The van der Waals surface area contributed by atoms with Crippen LogP contribution in [0, 0.1) is 0 Å². The van der Waals surface area contributed by atoms with Gasteiger partial charge in [0.05, 0.1) is 17.4 Å². The zero-order valence-corrected chi connectivity index (χ0v) is 11.9. The molecule has 0 aliphatic carbocycles. The minimum absolute atomic E-state index is 0.159. The highest BCUT2D eigenvalue weighted by Gasteiger charge is 2.14. The van der Waals surface area contributed by atoms with Crippen LogP contribution in [-0.4, -0.2) is 26.0 Å². The Morgan fingerprint density at radius 2 is 2.18 bits per heavy atom. The van der Waals surface area contributed by atoms with Crippen LogP contribution in [0.5, 0.6) is 0 Å². The van der Waals surface area contributed by atoms with Crippen molar-refractivity contribution in [3.05, 3.63) is 22.7 Å². The van der Waals surface area contributed by atoms with Crippen molar-refractivity contribution in [3.63, 3.8) is 0 Å². The predicted molar refractivity (Wildman–Crippen MR) is 75.4 cm³/mol. The Morgan fingerprint density at radius 1 is 1.53 bits per heavy atom. The molecule has 0 saturated heterocycles. The smallest absolute Gasteiger partial charge is 0.241 e. The number of hydrogen-bond donors (Lipinski definition) is 2. The maximum absolute atomic E-state index is 11.8. The maximum atomic E-state index is 11.8. The first-order valence-electron chi connectivity index (χ1n) is 5.49.